The molecule has 2 heterocycles. The molecule has 3 atom stereocenters. The Hall–Kier alpha value is -3.80. The fraction of sp³-hybridized carbons (Fsp3) is 0.500. The summed E-state index contributed by atoms with van der Waals surface area (Å²) < 4.78 is 47.0. The van der Waals surface area contributed by atoms with Crippen LogP contribution in [0.15, 0.2) is 35.6 Å². The minimum absolute atomic E-state index is 0.00443. The quantitative estimate of drug-likeness (QED) is 0.123. The van der Waals surface area contributed by atoms with E-state index in [-0.39, 0.29) is 41.5 Å². The van der Waals surface area contributed by atoms with Gasteiger partial charge in [0.2, 0.25) is 11.8 Å². The smallest absolute Gasteiger partial charge is 0.418 e. The average Bonchev–Trinajstić information content (AvgIpc) is 3.76. The van der Waals surface area contributed by atoms with Crippen LogP contribution in [0, 0.1) is 24.1 Å². The maximum absolute atomic E-state index is 15.8. The van der Waals surface area contributed by atoms with Crippen LogP contribution < -0.4 is 10.1 Å². The summed E-state index contributed by atoms with van der Waals surface area (Å²) in [7, 11) is 0.103. The van der Waals surface area contributed by atoms with Crippen LogP contribution in [0.25, 0.3) is 11.9 Å². The highest BCUT2D eigenvalue weighted by Crippen LogP contribution is 2.66. The van der Waals surface area contributed by atoms with E-state index in [9.17, 15) is 9.59 Å². The van der Waals surface area contributed by atoms with E-state index < -0.39 is 47.6 Å². The molecule has 0 saturated heterocycles. The van der Waals surface area contributed by atoms with Crippen LogP contribution in [0.1, 0.15) is 50.9 Å². The van der Waals surface area contributed by atoms with Crippen molar-refractivity contribution in [2.45, 2.75) is 75.7 Å². The van der Waals surface area contributed by atoms with E-state index in [1.807, 2.05) is 0 Å². The van der Waals surface area contributed by atoms with Gasteiger partial charge in [0.15, 0.2) is 17.6 Å². The first kappa shape index (κ1) is 37.0. The molecular weight excluding hydrogens is 657 g/mol. The number of halogens is 2. The molecule has 0 unspecified atom stereocenters. The number of ether oxygens (including phenoxy) is 3. The number of aliphatic imine (C=N–C) groups is 1. The number of thioether (sulfide) groups is 1. The Bertz CT molecular complexity index is 1640. The lowest BCUT2D eigenvalue weighted by molar-refractivity contribution is -0.121. The van der Waals surface area contributed by atoms with Crippen molar-refractivity contribution in [2.75, 3.05) is 27.0 Å². The summed E-state index contributed by atoms with van der Waals surface area (Å²) in [6, 6.07) is 5.03. The van der Waals surface area contributed by atoms with Gasteiger partial charge in [-0.1, -0.05) is 43.4 Å². The van der Waals surface area contributed by atoms with Crippen molar-refractivity contribution < 1.29 is 32.6 Å². The number of amides is 2. The number of benzene rings is 1. The molecule has 2 aromatic rings. The zero-order valence-electron chi connectivity index (χ0n) is 28.6. The Balaban J connectivity index is 1.74. The van der Waals surface area contributed by atoms with E-state index in [0.29, 0.717) is 18.6 Å². The third kappa shape index (κ3) is 8.61. The number of hydrogen-bond acceptors (Lipinski definition) is 9. The largest absolute Gasteiger partial charge is 0.463 e. The van der Waals surface area contributed by atoms with E-state index in [1.54, 1.807) is 27.7 Å². The maximum Gasteiger partial charge on any atom is 0.418 e. The fourth-order valence-corrected chi connectivity index (χ4v) is 7.62. The Morgan fingerprint density at radius 1 is 1.25 bits per heavy atom. The topological polar surface area (TPSA) is 115 Å². The van der Waals surface area contributed by atoms with Gasteiger partial charge in [0, 0.05) is 33.2 Å². The van der Waals surface area contributed by atoms with Crippen LogP contribution in [0.5, 0.6) is 5.88 Å². The lowest BCUT2D eigenvalue weighted by atomic mass is 9.84. The second kappa shape index (κ2) is 14.4. The monoisotopic (exact) mass is 699 g/mol. The van der Waals surface area contributed by atoms with Crippen LogP contribution in [0.3, 0.4) is 0 Å². The minimum Gasteiger partial charge on any atom is -0.463 e. The molecular formula is C34H43F2N5O5SSi. The Morgan fingerprint density at radius 2 is 1.98 bits per heavy atom. The van der Waals surface area contributed by atoms with Crippen molar-refractivity contribution in [3.63, 3.8) is 0 Å². The van der Waals surface area contributed by atoms with Gasteiger partial charge < -0.3 is 19.5 Å². The van der Waals surface area contributed by atoms with Crippen molar-refractivity contribution >= 4 is 48.9 Å². The molecule has 1 N–H and O–H groups in total. The molecule has 1 aliphatic heterocycles. The molecule has 258 valence electrons. The van der Waals surface area contributed by atoms with E-state index in [0.717, 1.165) is 17.8 Å². The van der Waals surface area contributed by atoms with Crippen molar-refractivity contribution in [2.24, 2.45) is 10.9 Å². The average molecular weight is 700 g/mol. The van der Waals surface area contributed by atoms with Crippen molar-refractivity contribution in [3.05, 3.63) is 53.2 Å². The van der Waals surface area contributed by atoms with Crippen molar-refractivity contribution in [1.29, 1.82) is 0 Å². The normalized spacial score (nSPS) is 22.1. The van der Waals surface area contributed by atoms with Crippen LogP contribution in [-0.4, -0.2) is 77.5 Å². The zero-order chi connectivity index (χ0) is 35.5. The SMILES string of the molecule is C#CCOc1cnc(/C(F)=C/c2ccc(F)c([C@@]3(C)N=C(N(COCC[Si](C)(C)C)C(=O)OC(C)(C)C)S[C@@]4(C(=O)NC)C[C@H]43)c2)cn1. The van der Waals surface area contributed by atoms with Crippen LogP contribution >= 0.6 is 11.8 Å². The molecule has 1 aromatic carbocycles. The zero-order valence-corrected chi connectivity index (χ0v) is 30.5. The molecule has 0 spiro atoms. The number of fused-ring (bicyclic) bond motifs is 1. The molecule has 1 aliphatic carbocycles. The summed E-state index contributed by atoms with van der Waals surface area (Å²) >= 11 is 1.15. The number of nitrogens with zero attached hydrogens (tertiary/aromatic N) is 4. The summed E-state index contributed by atoms with van der Waals surface area (Å²) in [6.07, 6.45) is 8.52. The van der Waals surface area contributed by atoms with E-state index in [1.165, 1.54) is 48.6 Å². The molecule has 1 fully saturated rings. The molecule has 14 heteroatoms. The van der Waals surface area contributed by atoms with Gasteiger partial charge in [0.1, 0.15) is 28.6 Å². The summed E-state index contributed by atoms with van der Waals surface area (Å²) in [5.74, 6) is 0.468. The van der Waals surface area contributed by atoms with Gasteiger partial charge >= 0.3 is 6.09 Å². The fourth-order valence-electron chi connectivity index (χ4n) is 5.25. The number of rotatable bonds is 11. The Kier molecular flexibility index (Phi) is 11.1. The lowest BCUT2D eigenvalue weighted by Gasteiger charge is -2.37. The standard InChI is InChI=1S/C34H43F2N5O5SSi/c1-10-13-45-28-20-38-26(19-39-28)25(36)17-22-11-12-24(35)23(16-22)33(5)27-18-34(27,29(42)37-6)47-30(40-33)41(31(43)46-32(2,3)4)21-44-14-15-48(7,8)9/h1,11-12,16-17,19-20,27H,13-15,18,21H2,2-9H3,(H,37,42)/b25-17-/t27-,33+,34-/m0/s1. The van der Waals surface area contributed by atoms with Gasteiger partial charge in [-0.15, -0.1) is 6.42 Å². The highest BCUT2D eigenvalue weighted by atomic mass is 32.2. The van der Waals surface area contributed by atoms with Gasteiger partial charge in [0.25, 0.3) is 0 Å². The Labute approximate surface area is 286 Å². The third-order valence-corrected chi connectivity index (χ3v) is 11.1. The van der Waals surface area contributed by atoms with Crippen LogP contribution in [0.4, 0.5) is 13.6 Å². The molecule has 1 saturated carbocycles. The summed E-state index contributed by atoms with van der Waals surface area (Å²) in [5, 5.41) is 2.90. The van der Waals surface area contributed by atoms with Crippen LogP contribution in [-0.2, 0) is 19.8 Å². The van der Waals surface area contributed by atoms with E-state index in [2.05, 4.69) is 40.8 Å². The highest BCUT2D eigenvalue weighted by molar-refractivity contribution is 8.16. The highest BCUT2D eigenvalue weighted by Gasteiger charge is 2.71. The minimum atomic E-state index is -1.43. The second-order valence-electron chi connectivity index (χ2n) is 14.1. The molecule has 2 aliphatic rings. The van der Waals surface area contributed by atoms with Gasteiger partial charge in [-0.25, -0.2) is 28.4 Å². The molecule has 2 amide bonds. The molecule has 48 heavy (non-hydrogen) atoms. The number of carbonyl (C=O) groups excluding carboxylic acids is 2. The molecule has 4 rings (SSSR count). The summed E-state index contributed by atoms with van der Waals surface area (Å²) in [6.45, 7) is 13.9. The Morgan fingerprint density at radius 3 is 2.58 bits per heavy atom. The molecule has 10 nitrogen and oxygen atoms in total. The number of hydrogen-bond donors (Lipinski definition) is 1. The first-order valence-electron chi connectivity index (χ1n) is 15.6. The maximum atomic E-state index is 15.8. The van der Waals surface area contributed by atoms with Crippen LogP contribution in [0.2, 0.25) is 25.7 Å². The number of carbonyl (C=O) groups is 2. The second-order valence-corrected chi connectivity index (χ2v) is 21.0. The number of nitrogens with one attached hydrogen (secondary N) is 1. The first-order chi connectivity index (χ1) is 22.4. The van der Waals surface area contributed by atoms with E-state index >= 15 is 8.78 Å². The van der Waals surface area contributed by atoms with Gasteiger partial charge in [-0.3, -0.25) is 9.79 Å². The van der Waals surface area contributed by atoms with Crippen molar-refractivity contribution in [3.8, 4) is 18.2 Å². The van der Waals surface area contributed by atoms with E-state index in [4.69, 9.17) is 25.6 Å². The van der Waals surface area contributed by atoms with Gasteiger partial charge in [-0.05, 0) is 63.9 Å². The predicted molar refractivity (Wildman–Crippen MR) is 186 cm³/mol. The number of amidine groups is 1. The summed E-state index contributed by atoms with van der Waals surface area (Å²) in [5.41, 5.74) is -1.72. The molecule has 0 bridgehead atoms. The summed E-state index contributed by atoms with van der Waals surface area (Å²) in [4.78, 5) is 41.3. The lowest BCUT2D eigenvalue weighted by Crippen LogP contribution is -2.48. The predicted octanol–water partition coefficient (Wildman–Crippen LogP) is 6.47. The van der Waals surface area contributed by atoms with Crippen molar-refractivity contribution in [1.82, 2.24) is 20.2 Å². The van der Waals surface area contributed by atoms with Gasteiger partial charge in [0.05, 0.1) is 17.9 Å². The number of aromatic nitrogens is 2. The molecule has 1 aromatic heterocycles. The first-order valence-corrected chi connectivity index (χ1v) is 20.1. The van der Waals surface area contributed by atoms with Gasteiger partial charge in [-0.2, -0.15) is 0 Å². The third-order valence-electron chi connectivity index (χ3n) is 7.87. The molecule has 0 radical (unpaired) electrons. The number of terminal acetylenes is 1.